The number of thioether (sulfide) groups is 1. The minimum atomic E-state index is -0.135. The molecule has 0 unspecified atom stereocenters. The van der Waals surface area contributed by atoms with E-state index in [4.69, 9.17) is 9.47 Å². The number of hydrogen-bond donors (Lipinski definition) is 2. The summed E-state index contributed by atoms with van der Waals surface area (Å²) in [5, 5.41) is 15.7. The minimum Gasteiger partial charge on any atom is -0.497 e. The molecule has 0 atom stereocenters. The molecule has 0 radical (unpaired) electrons. The summed E-state index contributed by atoms with van der Waals surface area (Å²) in [6.07, 6.45) is 0. The van der Waals surface area contributed by atoms with Crippen LogP contribution in [0.25, 0.3) is 5.69 Å². The fraction of sp³-hybridized carbons (Fsp3) is 0.192. The summed E-state index contributed by atoms with van der Waals surface area (Å²) in [4.78, 5) is 12.6. The lowest BCUT2D eigenvalue weighted by atomic mass is 10.2. The molecule has 9 heteroatoms. The number of methoxy groups -OCH3 is 2. The monoisotopic (exact) mass is 489 g/mol. The third-order valence-electron chi connectivity index (χ3n) is 5.24. The predicted molar refractivity (Wildman–Crippen MR) is 139 cm³/mol. The molecule has 8 nitrogen and oxygen atoms in total. The highest BCUT2D eigenvalue weighted by molar-refractivity contribution is 7.99. The van der Waals surface area contributed by atoms with Crippen molar-refractivity contribution in [1.82, 2.24) is 14.8 Å². The van der Waals surface area contributed by atoms with Crippen LogP contribution in [0.1, 0.15) is 11.4 Å². The molecule has 0 saturated heterocycles. The number of anilines is 2. The van der Waals surface area contributed by atoms with Gasteiger partial charge < -0.3 is 20.1 Å². The number of amides is 1. The van der Waals surface area contributed by atoms with Gasteiger partial charge in [-0.2, -0.15) is 0 Å². The van der Waals surface area contributed by atoms with E-state index >= 15 is 0 Å². The van der Waals surface area contributed by atoms with E-state index in [0.29, 0.717) is 17.4 Å². The van der Waals surface area contributed by atoms with Crippen molar-refractivity contribution in [1.29, 1.82) is 0 Å². The molecule has 1 heterocycles. The molecule has 3 aromatic carbocycles. The first-order valence-electron chi connectivity index (χ1n) is 11.0. The van der Waals surface area contributed by atoms with Gasteiger partial charge in [-0.3, -0.25) is 9.36 Å². The zero-order valence-corrected chi connectivity index (χ0v) is 20.6. The summed E-state index contributed by atoms with van der Waals surface area (Å²) in [7, 11) is 3.24. The fourth-order valence-corrected chi connectivity index (χ4v) is 4.12. The second-order valence-electron chi connectivity index (χ2n) is 7.72. The van der Waals surface area contributed by atoms with Gasteiger partial charge in [-0.05, 0) is 67.6 Å². The van der Waals surface area contributed by atoms with E-state index in [1.165, 1.54) is 17.3 Å². The highest BCUT2D eigenvalue weighted by atomic mass is 32.2. The van der Waals surface area contributed by atoms with Crippen molar-refractivity contribution in [2.45, 2.75) is 18.6 Å². The van der Waals surface area contributed by atoms with Crippen LogP contribution in [0.4, 0.5) is 11.4 Å². The second-order valence-corrected chi connectivity index (χ2v) is 8.66. The molecule has 180 valence electrons. The Morgan fingerprint density at radius 1 is 0.857 bits per heavy atom. The van der Waals surface area contributed by atoms with Gasteiger partial charge in [0.25, 0.3) is 0 Å². The molecule has 2 N–H and O–H groups in total. The van der Waals surface area contributed by atoms with Gasteiger partial charge in [-0.25, -0.2) is 0 Å². The number of rotatable bonds is 10. The van der Waals surface area contributed by atoms with Crippen LogP contribution in [-0.2, 0) is 11.3 Å². The minimum absolute atomic E-state index is 0.135. The van der Waals surface area contributed by atoms with Crippen molar-refractivity contribution in [3.8, 4) is 17.2 Å². The number of benzene rings is 3. The maximum absolute atomic E-state index is 12.6. The first kappa shape index (κ1) is 24.2. The summed E-state index contributed by atoms with van der Waals surface area (Å²) in [5.41, 5.74) is 3.78. The molecule has 0 fully saturated rings. The molecule has 1 aromatic heterocycles. The van der Waals surface area contributed by atoms with E-state index in [1.54, 1.807) is 38.5 Å². The zero-order chi connectivity index (χ0) is 24.6. The number of hydrogen-bond acceptors (Lipinski definition) is 7. The normalized spacial score (nSPS) is 10.6. The van der Waals surface area contributed by atoms with Crippen LogP contribution in [0.15, 0.2) is 78.0 Å². The van der Waals surface area contributed by atoms with Gasteiger partial charge in [0.15, 0.2) is 11.0 Å². The number of aromatic nitrogens is 3. The van der Waals surface area contributed by atoms with Gasteiger partial charge in [0.1, 0.15) is 11.5 Å². The largest absolute Gasteiger partial charge is 0.497 e. The number of nitrogens with zero attached hydrogens (tertiary/aromatic N) is 3. The van der Waals surface area contributed by atoms with Crippen LogP contribution in [0.5, 0.6) is 11.5 Å². The third-order valence-corrected chi connectivity index (χ3v) is 6.17. The summed E-state index contributed by atoms with van der Waals surface area (Å²) >= 11 is 1.32. The molecule has 1 amide bonds. The van der Waals surface area contributed by atoms with Gasteiger partial charge in [-0.15, -0.1) is 10.2 Å². The van der Waals surface area contributed by atoms with Crippen LogP contribution >= 0.6 is 11.8 Å². The number of aryl methyl sites for hydroxylation is 1. The average Bonchev–Trinajstić information content (AvgIpc) is 3.30. The lowest BCUT2D eigenvalue weighted by molar-refractivity contribution is -0.113. The summed E-state index contributed by atoms with van der Waals surface area (Å²) in [6, 6.07) is 23.0. The molecule has 0 aliphatic heterocycles. The molecule has 0 aliphatic rings. The van der Waals surface area contributed by atoms with E-state index in [-0.39, 0.29) is 11.7 Å². The SMILES string of the molecule is COc1ccc(NC(=O)CSc2nnc(CNc3ccc(C)cc3)n2-c2ccc(OC)cc2)cc1. The number of ether oxygens (including phenoxy) is 2. The molecule has 0 spiro atoms. The van der Waals surface area contributed by atoms with Crippen LogP contribution in [0, 0.1) is 6.92 Å². The van der Waals surface area contributed by atoms with Gasteiger partial charge in [0, 0.05) is 17.1 Å². The highest BCUT2D eigenvalue weighted by Gasteiger charge is 2.16. The van der Waals surface area contributed by atoms with Gasteiger partial charge >= 0.3 is 0 Å². The van der Waals surface area contributed by atoms with E-state index in [0.717, 1.165) is 28.7 Å². The Kier molecular flexibility index (Phi) is 7.89. The van der Waals surface area contributed by atoms with Crippen molar-refractivity contribution >= 4 is 29.0 Å². The van der Waals surface area contributed by atoms with Crippen molar-refractivity contribution in [2.75, 3.05) is 30.6 Å². The van der Waals surface area contributed by atoms with E-state index < -0.39 is 0 Å². The van der Waals surface area contributed by atoms with Crippen LogP contribution in [0.2, 0.25) is 0 Å². The smallest absolute Gasteiger partial charge is 0.234 e. The molecular weight excluding hydrogens is 462 g/mol. The van der Waals surface area contributed by atoms with Gasteiger partial charge in [0.2, 0.25) is 5.91 Å². The number of carbonyl (C=O) groups excluding carboxylic acids is 1. The molecular formula is C26H27N5O3S. The summed E-state index contributed by atoms with van der Waals surface area (Å²) in [6.45, 7) is 2.53. The van der Waals surface area contributed by atoms with Crippen molar-refractivity contribution < 1.29 is 14.3 Å². The van der Waals surface area contributed by atoms with E-state index in [1.807, 2.05) is 41.0 Å². The van der Waals surface area contributed by atoms with E-state index in [9.17, 15) is 4.79 Å². The lowest BCUT2D eigenvalue weighted by Crippen LogP contribution is -2.15. The standard InChI is InChI=1S/C26H27N5O3S/c1-18-4-6-19(7-5-18)27-16-24-29-30-26(31(24)21-10-14-23(34-3)15-11-21)35-17-25(32)28-20-8-12-22(33-2)13-9-20/h4-15,27H,16-17H2,1-3H3,(H,28,32). The van der Waals surface area contributed by atoms with Crippen molar-refractivity contribution in [3.63, 3.8) is 0 Å². The van der Waals surface area contributed by atoms with Gasteiger partial charge in [0.05, 0.1) is 26.5 Å². The zero-order valence-electron chi connectivity index (χ0n) is 19.8. The molecule has 4 rings (SSSR count). The first-order chi connectivity index (χ1) is 17.1. The van der Waals surface area contributed by atoms with Gasteiger partial charge in [-0.1, -0.05) is 29.5 Å². The Labute approximate surface area is 208 Å². The Hall–Kier alpha value is -3.98. The van der Waals surface area contributed by atoms with Crippen molar-refractivity contribution in [3.05, 3.63) is 84.2 Å². The fourth-order valence-electron chi connectivity index (χ4n) is 3.35. The van der Waals surface area contributed by atoms with Crippen LogP contribution in [0.3, 0.4) is 0 Å². The number of nitrogens with one attached hydrogen (secondary N) is 2. The summed E-state index contributed by atoms with van der Waals surface area (Å²) < 4.78 is 12.4. The molecule has 0 bridgehead atoms. The van der Waals surface area contributed by atoms with Crippen molar-refractivity contribution in [2.24, 2.45) is 0 Å². The maximum atomic E-state index is 12.6. The molecule has 0 saturated carbocycles. The average molecular weight is 490 g/mol. The highest BCUT2D eigenvalue weighted by Crippen LogP contribution is 2.25. The first-order valence-corrected chi connectivity index (χ1v) is 12.0. The Balaban J connectivity index is 1.49. The Bertz CT molecular complexity index is 1260. The Morgan fingerprint density at radius 2 is 1.46 bits per heavy atom. The Morgan fingerprint density at radius 3 is 2.09 bits per heavy atom. The second kappa shape index (κ2) is 11.4. The topological polar surface area (TPSA) is 90.3 Å². The maximum Gasteiger partial charge on any atom is 0.234 e. The predicted octanol–water partition coefficient (Wildman–Crippen LogP) is 4.94. The van der Waals surface area contributed by atoms with E-state index in [2.05, 4.69) is 39.9 Å². The molecule has 0 aliphatic carbocycles. The molecule has 4 aromatic rings. The van der Waals surface area contributed by atoms with Crippen LogP contribution < -0.4 is 20.1 Å². The third kappa shape index (κ3) is 6.33. The molecule has 35 heavy (non-hydrogen) atoms. The van der Waals surface area contributed by atoms with Crippen LogP contribution in [-0.4, -0.2) is 40.6 Å². The quantitative estimate of drug-likeness (QED) is 0.305. The lowest BCUT2D eigenvalue weighted by Gasteiger charge is -2.12. The summed E-state index contributed by atoms with van der Waals surface area (Å²) in [5.74, 6) is 2.27. The number of carbonyl (C=O) groups is 1.